The Morgan fingerprint density at radius 3 is 2.26 bits per heavy atom. The summed E-state index contributed by atoms with van der Waals surface area (Å²) in [7, 11) is 0. The van der Waals surface area contributed by atoms with Gasteiger partial charge in [0.15, 0.2) is 5.60 Å². The van der Waals surface area contributed by atoms with Crippen LogP contribution in [0.25, 0.3) is 0 Å². The van der Waals surface area contributed by atoms with Gasteiger partial charge in [-0.2, -0.15) is 0 Å². The summed E-state index contributed by atoms with van der Waals surface area (Å²) in [6.45, 7) is 3.42. The van der Waals surface area contributed by atoms with Crippen LogP contribution in [0.4, 0.5) is 0 Å². The minimum absolute atomic E-state index is 0.00573. The second-order valence-corrected chi connectivity index (χ2v) is 6.86. The molecule has 0 radical (unpaired) electrons. The molecule has 1 aliphatic rings. The third kappa shape index (κ3) is 4.86. The highest BCUT2D eigenvalue weighted by molar-refractivity contribution is 6.30. The van der Waals surface area contributed by atoms with Crippen molar-refractivity contribution < 1.29 is 19.4 Å². The lowest BCUT2D eigenvalue weighted by molar-refractivity contribution is -0.143. The zero-order valence-corrected chi connectivity index (χ0v) is 14.1. The summed E-state index contributed by atoms with van der Waals surface area (Å²) < 4.78 is 5.75. The summed E-state index contributed by atoms with van der Waals surface area (Å²) in [6, 6.07) is 6.85. The van der Waals surface area contributed by atoms with Crippen molar-refractivity contribution in [1.82, 2.24) is 5.32 Å². The Morgan fingerprint density at radius 1 is 1.17 bits per heavy atom. The van der Waals surface area contributed by atoms with Gasteiger partial charge in [-0.3, -0.25) is 9.59 Å². The summed E-state index contributed by atoms with van der Waals surface area (Å²) in [6.07, 6.45) is 2.55. The number of carbonyl (C=O) groups is 2. The zero-order valence-electron chi connectivity index (χ0n) is 13.3. The van der Waals surface area contributed by atoms with E-state index in [9.17, 15) is 9.59 Å². The van der Waals surface area contributed by atoms with E-state index in [1.165, 1.54) is 0 Å². The number of rotatable bonds is 5. The maximum atomic E-state index is 12.4. The highest BCUT2D eigenvalue weighted by Gasteiger charge is 2.33. The molecule has 1 aromatic rings. The van der Waals surface area contributed by atoms with Gasteiger partial charge < -0.3 is 15.2 Å². The van der Waals surface area contributed by atoms with Crippen molar-refractivity contribution in [3.8, 4) is 5.75 Å². The normalized spacial score (nSPS) is 21.5. The van der Waals surface area contributed by atoms with Gasteiger partial charge in [-0.1, -0.05) is 11.6 Å². The van der Waals surface area contributed by atoms with Crippen LogP contribution < -0.4 is 10.1 Å². The van der Waals surface area contributed by atoms with Crippen molar-refractivity contribution in [2.24, 2.45) is 5.92 Å². The smallest absolute Gasteiger partial charge is 0.306 e. The number of halogens is 1. The lowest BCUT2D eigenvalue weighted by atomic mass is 9.86. The first-order chi connectivity index (χ1) is 10.8. The molecule has 6 heteroatoms. The van der Waals surface area contributed by atoms with Crippen LogP contribution in [0.15, 0.2) is 24.3 Å². The second-order valence-electron chi connectivity index (χ2n) is 6.43. The summed E-state index contributed by atoms with van der Waals surface area (Å²) >= 11 is 5.83. The molecule has 1 aliphatic carbocycles. The van der Waals surface area contributed by atoms with Crippen LogP contribution in [-0.2, 0) is 9.59 Å². The Bertz CT molecular complexity index is 562. The van der Waals surface area contributed by atoms with E-state index in [1.54, 1.807) is 38.1 Å². The van der Waals surface area contributed by atoms with E-state index in [4.69, 9.17) is 21.4 Å². The monoisotopic (exact) mass is 339 g/mol. The van der Waals surface area contributed by atoms with Crippen molar-refractivity contribution >= 4 is 23.5 Å². The fraction of sp³-hybridized carbons (Fsp3) is 0.529. The van der Waals surface area contributed by atoms with Crippen LogP contribution >= 0.6 is 11.6 Å². The molecule has 1 saturated carbocycles. The molecule has 2 N–H and O–H groups in total. The Kier molecular flexibility index (Phi) is 5.52. The van der Waals surface area contributed by atoms with Crippen LogP contribution in [0.5, 0.6) is 5.75 Å². The molecule has 23 heavy (non-hydrogen) atoms. The molecule has 0 saturated heterocycles. The molecule has 0 bridgehead atoms. The molecule has 1 aromatic carbocycles. The van der Waals surface area contributed by atoms with E-state index in [0.29, 0.717) is 36.5 Å². The van der Waals surface area contributed by atoms with E-state index < -0.39 is 11.6 Å². The van der Waals surface area contributed by atoms with Crippen LogP contribution in [0.1, 0.15) is 39.5 Å². The molecule has 0 heterocycles. The average Bonchev–Trinajstić information content (AvgIpc) is 2.50. The Morgan fingerprint density at radius 2 is 1.74 bits per heavy atom. The van der Waals surface area contributed by atoms with Gasteiger partial charge >= 0.3 is 5.97 Å². The predicted molar refractivity (Wildman–Crippen MR) is 87.7 cm³/mol. The molecule has 0 aliphatic heterocycles. The third-order valence-corrected chi connectivity index (χ3v) is 4.40. The third-order valence-electron chi connectivity index (χ3n) is 4.15. The Labute approximate surface area is 141 Å². The molecular weight excluding hydrogens is 318 g/mol. The van der Waals surface area contributed by atoms with Crippen LogP contribution in [0.2, 0.25) is 5.02 Å². The molecule has 0 unspecified atom stereocenters. The van der Waals surface area contributed by atoms with Crippen molar-refractivity contribution in [2.75, 3.05) is 0 Å². The van der Waals surface area contributed by atoms with Gasteiger partial charge in [-0.05, 0) is 63.8 Å². The fourth-order valence-electron chi connectivity index (χ4n) is 2.69. The second kappa shape index (κ2) is 7.21. The highest BCUT2D eigenvalue weighted by atomic mass is 35.5. The maximum absolute atomic E-state index is 12.4. The number of ether oxygens (including phenoxy) is 1. The average molecular weight is 340 g/mol. The number of nitrogens with one attached hydrogen (secondary N) is 1. The van der Waals surface area contributed by atoms with Crippen LogP contribution in [-0.4, -0.2) is 28.6 Å². The highest BCUT2D eigenvalue weighted by Crippen LogP contribution is 2.26. The molecule has 5 nitrogen and oxygen atoms in total. The summed E-state index contributed by atoms with van der Waals surface area (Å²) in [5.41, 5.74) is -1.02. The maximum Gasteiger partial charge on any atom is 0.306 e. The van der Waals surface area contributed by atoms with Gasteiger partial charge in [0.1, 0.15) is 5.75 Å². The fourth-order valence-corrected chi connectivity index (χ4v) is 2.81. The molecule has 1 fully saturated rings. The first kappa shape index (κ1) is 17.6. The van der Waals surface area contributed by atoms with E-state index in [2.05, 4.69) is 5.32 Å². The summed E-state index contributed by atoms with van der Waals surface area (Å²) in [5.74, 6) is -0.669. The topological polar surface area (TPSA) is 75.6 Å². The van der Waals surface area contributed by atoms with Gasteiger partial charge in [0.2, 0.25) is 0 Å². The summed E-state index contributed by atoms with van der Waals surface area (Å²) in [4.78, 5) is 23.4. The molecule has 0 aromatic heterocycles. The standard InChI is InChI=1S/C17H22ClNO4/c1-17(2,23-14-9-5-12(18)6-10-14)16(22)19-13-7-3-11(4-8-13)15(20)21/h5-6,9-11,13H,3-4,7-8H2,1-2H3,(H,19,22)(H,20,21). The number of hydrogen-bond acceptors (Lipinski definition) is 3. The van der Waals surface area contributed by atoms with Gasteiger partial charge in [0.25, 0.3) is 5.91 Å². The van der Waals surface area contributed by atoms with Crippen LogP contribution in [0.3, 0.4) is 0 Å². The number of carboxylic acid groups (broad SMARTS) is 1. The zero-order chi connectivity index (χ0) is 17.0. The number of carboxylic acids is 1. The minimum Gasteiger partial charge on any atom is -0.481 e. The summed E-state index contributed by atoms with van der Waals surface area (Å²) in [5, 5.41) is 12.6. The van der Waals surface area contributed by atoms with Crippen LogP contribution in [0, 0.1) is 5.92 Å². The molecule has 0 spiro atoms. The number of amides is 1. The van der Waals surface area contributed by atoms with Crippen molar-refractivity contribution in [3.05, 3.63) is 29.3 Å². The van der Waals surface area contributed by atoms with Crippen molar-refractivity contribution in [2.45, 2.75) is 51.2 Å². The lowest BCUT2D eigenvalue weighted by Gasteiger charge is -2.31. The first-order valence-corrected chi connectivity index (χ1v) is 8.14. The molecular formula is C17H22ClNO4. The van der Waals surface area contributed by atoms with Crippen molar-refractivity contribution in [1.29, 1.82) is 0 Å². The molecule has 1 amide bonds. The Balaban J connectivity index is 1.89. The lowest BCUT2D eigenvalue weighted by Crippen LogP contribution is -2.51. The first-order valence-electron chi connectivity index (χ1n) is 7.76. The molecule has 126 valence electrons. The number of aliphatic carboxylic acids is 1. The van der Waals surface area contributed by atoms with E-state index in [-0.39, 0.29) is 17.9 Å². The van der Waals surface area contributed by atoms with E-state index in [0.717, 1.165) is 0 Å². The van der Waals surface area contributed by atoms with Crippen molar-refractivity contribution in [3.63, 3.8) is 0 Å². The largest absolute Gasteiger partial charge is 0.481 e. The van der Waals surface area contributed by atoms with Gasteiger partial charge in [-0.25, -0.2) is 0 Å². The number of hydrogen-bond donors (Lipinski definition) is 2. The van der Waals surface area contributed by atoms with Gasteiger partial charge in [-0.15, -0.1) is 0 Å². The van der Waals surface area contributed by atoms with Gasteiger partial charge in [0.05, 0.1) is 5.92 Å². The molecule has 2 rings (SSSR count). The predicted octanol–water partition coefficient (Wildman–Crippen LogP) is 3.26. The quantitative estimate of drug-likeness (QED) is 0.863. The number of benzene rings is 1. The Hall–Kier alpha value is -1.75. The van der Waals surface area contributed by atoms with E-state index >= 15 is 0 Å². The van der Waals surface area contributed by atoms with Gasteiger partial charge in [0, 0.05) is 11.1 Å². The molecule has 0 atom stereocenters. The SMILES string of the molecule is CC(C)(Oc1ccc(Cl)cc1)C(=O)NC1CCC(C(=O)O)CC1. The number of carbonyl (C=O) groups excluding carboxylic acids is 1. The minimum atomic E-state index is -1.02. The van der Waals surface area contributed by atoms with E-state index in [1.807, 2.05) is 0 Å².